The standard InChI is InChI=1S/C16H13ClN2O3/c17-11-3-1-2-10(8-11)16(21)18-12-4-5-14-13(9-12)19-15(20)6-7-22-14/h1-5,8-9H,6-7H2,(H,18,21)(H,19,20). The Labute approximate surface area is 132 Å². The minimum absolute atomic E-state index is 0.114. The van der Waals surface area contributed by atoms with Gasteiger partial charge in [0.2, 0.25) is 5.91 Å². The van der Waals surface area contributed by atoms with Gasteiger partial charge in [0.15, 0.2) is 0 Å². The molecule has 5 nitrogen and oxygen atoms in total. The van der Waals surface area contributed by atoms with E-state index in [2.05, 4.69) is 10.6 Å². The fraction of sp³-hybridized carbons (Fsp3) is 0.125. The van der Waals surface area contributed by atoms with Crippen LogP contribution in [0.3, 0.4) is 0 Å². The van der Waals surface area contributed by atoms with Crippen molar-refractivity contribution >= 4 is 34.8 Å². The average Bonchev–Trinajstić information content (AvgIpc) is 2.67. The van der Waals surface area contributed by atoms with Crippen molar-refractivity contribution in [2.45, 2.75) is 6.42 Å². The van der Waals surface area contributed by atoms with Gasteiger partial charge in [-0.05, 0) is 36.4 Å². The third-order valence-corrected chi connectivity index (χ3v) is 3.42. The lowest BCUT2D eigenvalue weighted by Gasteiger charge is -2.10. The molecule has 2 amide bonds. The Morgan fingerprint density at radius 1 is 1.23 bits per heavy atom. The van der Waals surface area contributed by atoms with E-state index < -0.39 is 0 Å². The molecule has 2 aromatic rings. The maximum absolute atomic E-state index is 12.2. The largest absolute Gasteiger partial charge is 0.491 e. The molecule has 2 N–H and O–H groups in total. The zero-order valence-corrected chi connectivity index (χ0v) is 12.3. The predicted octanol–water partition coefficient (Wildman–Crippen LogP) is 3.31. The van der Waals surface area contributed by atoms with Gasteiger partial charge in [0.05, 0.1) is 18.7 Å². The summed E-state index contributed by atoms with van der Waals surface area (Å²) in [6.45, 7) is 0.340. The van der Waals surface area contributed by atoms with Crippen LogP contribution < -0.4 is 15.4 Å². The van der Waals surface area contributed by atoms with Gasteiger partial charge in [0.25, 0.3) is 5.91 Å². The van der Waals surface area contributed by atoms with Gasteiger partial charge in [0, 0.05) is 16.3 Å². The average molecular weight is 317 g/mol. The highest BCUT2D eigenvalue weighted by Gasteiger charge is 2.15. The van der Waals surface area contributed by atoms with Crippen molar-refractivity contribution in [1.29, 1.82) is 0 Å². The Morgan fingerprint density at radius 2 is 2.09 bits per heavy atom. The monoisotopic (exact) mass is 316 g/mol. The molecule has 0 unspecified atom stereocenters. The Bertz CT molecular complexity index is 746. The smallest absolute Gasteiger partial charge is 0.255 e. The number of carbonyl (C=O) groups is 2. The number of ether oxygens (including phenoxy) is 1. The normalized spacial score (nSPS) is 13.4. The summed E-state index contributed by atoms with van der Waals surface area (Å²) in [5.74, 6) is 0.201. The van der Waals surface area contributed by atoms with Crippen molar-refractivity contribution in [1.82, 2.24) is 0 Å². The number of benzene rings is 2. The van der Waals surface area contributed by atoms with Crippen LogP contribution in [0.4, 0.5) is 11.4 Å². The van der Waals surface area contributed by atoms with E-state index in [1.807, 2.05) is 0 Å². The molecular formula is C16H13ClN2O3. The van der Waals surface area contributed by atoms with Crippen LogP contribution in [0.25, 0.3) is 0 Å². The highest BCUT2D eigenvalue weighted by atomic mass is 35.5. The number of amides is 2. The molecule has 0 saturated heterocycles. The van der Waals surface area contributed by atoms with Crippen LogP contribution in [-0.2, 0) is 4.79 Å². The second-order valence-corrected chi connectivity index (χ2v) is 5.26. The van der Waals surface area contributed by atoms with E-state index in [1.54, 1.807) is 42.5 Å². The summed E-state index contributed by atoms with van der Waals surface area (Å²) < 4.78 is 5.47. The molecule has 112 valence electrons. The molecular weight excluding hydrogens is 304 g/mol. The molecule has 22 heavy (non-hydrogen) atoms. The predicted molar refractivity (Wildman–Crippen MR) is 84.6 cm³/mol. The highest BCUT2D eigenvalue weighted by molar-refractivity contribution is 6.31. The lowest BCUT2D eigenvalue weighted by atomic mass is 10.2. The second kappa shape index (κ2) is 6.07. The fourth-order valence-corrected chi connectivity index (χ4v) is 2.32. The van der Waals surface area contributed by atoms with Gasteiger partial charge in [-0.2, -0.15) is 0 Å². The summed E-state index contributed by atoms with van der Waals surface area (Å²) in [5.41, 5.74) is 1.57. The van der Waals surface area contributed by atoms with Crippen molar-refractivity contribution in [3.8, 4) is 5.75 Å². The first-order chi connectivity index (χ1) is 10.6. The first-order valence-electron chi connectivity index (χ1n) is 6.75. The third kappa shape index (κ3) is 3.20. The van der Waals surface area contributed by atoms with E-state index in [1.165, 1.54) is 0 Å². The van der Waals surface area contributed by atoms with E-state index in [0.717, 1.165) is 0 Å². The molecule has 0 aromatic heterocycles. The molecule has 0 radical (unpaired) electrons. The van der Waals surface area contributed by atoms with Crippen LogP contribution in [0.1, 0.15) is 16.8 Å². The van der Waals surface area contributed by atoms with E-state index in [0.29, 0.717) is 40.7 Å². The maximum atomic E-state index is 12.2. The highest BCUT2D eigenvalue weighted by Crippen LogP contribution is 2.30. The van der Waals surface area contributed by atoms with Gasteiger partial charge < -0.3 is 15.4 Å². The quantitative estimate of drug-likeness (QED) is 0.893. The lowest BCUT2D eigenvalue weighted by molar-refractivity contribution is -0.116. The molecule has 0 fully saturated rings. The minimum atomic E-state index is -0.275. The van der Waals surface area contributed by atoms with Crippen LogP contribution in [0.15, 0.2) is 42.5 Å². The third-order valence-electron chi connectivity index (χ3n) is 3.19. The Kier molecular flexibility index (Phi) is 3.98. The van der Waals surface area contributed by atoms with Crippen molar-refractivity contribution in [3.05, 3.63) is 53.1 Å². The second-order valence-electron chi connectivity index (χ2n) is 4.82. The fourth-order valence-electron chi connectivity index (χ4n) is 2.13. The van der Waals surface area contributed by atoms with Crippen LogP contribution in [0, 0.1) is 0 Å². The lowest BCUT2D eigenvalue weighted by Crippen LogP contribution is -2.13. The topological polar surface area (TPSA) is 67.4 Å². The number of halogens is 1. The van der Waals surface area contributed by atoms with Crippen LogP contribution in [0.2, 0.25) is 5.02 Å². The minimum Gasteiger partial charge on any atom is -0.491 e. The molecule has 1 aliphatic heterocycles. The Balaban J connectivity index is 1.81. The number of fused-ring (bicyclic) bond motifs is 1. The van der Waals surface area contributed by atoms with Gasteiger partial charge in [0.1, 0.15) is 5.75 Å². The zero-order chi connectivity index (χ0) is 15.5. The van der Waals surface area contributed by atoms with Crippen LogP contribution >= 0.6 is 11.6 Å². The van der Waals surface area contributed by atoms with Gasteiger partial charge in [-0.25, -0.2) is 0 Å². The molecule has 1 heterocycles. The summed E-state index contributed by atoms with van der Waals surface area (Å²) in [6, 6.07) is 11.8. The van der Waals surface area contributed by atoms with Crippen molar-refractivity contribution < 1.29 is 14.3 Å². The molecule has 6 heteroatoms. The van der Waals surface area contributed by atoms with Crippen molar-refractivity contribution in [3.63, 3.8) is 0 Å². The van der Waals surface area contributed by atoms with Gasteiger partial charge in [-0.3, -0.25) is 9.59 Å². The van der Waals surface area contributed by atoms with Gasteiger partial charge in [-0.1, -0.05) is 17.7 Å². The van der Waals surface area contributed by atoms with Crippen LogP contribution in [0.5, 0.6) is 5.75 Å². The summed E-state index contributed by atoms with van der Waals surface area (Å²) in [7, 11) is 0. The molecule has 1 aliphatic rings. The summed E-state index contributed by atoms with van der Waals surface area (Å²) in [5, 5.41) is 6.01. The summed E-state index contributed by atoms with van der Waals surface area (Å²) >= 11 is 5.88. The van der Waals surface area contributed by atoms with Gasteiger partial charge in [-0.15, -0.1) is 0 Å². The molecule has 0 saturated carbocycles. The van der Waals surface area contributed by atoms with Crippen LogP contribution in [-0.4, -0.2) is 18.4 Å². The van der Waals surface area contributed by atoms with E-state index in [9.17, 15) is 9.59 Å². The number of rotatable bonds is 2. The number of carbonyl (C=O) groups excluding carboxylic acids is 2. The molecule has 3 rings (SSSR count). The molecule has 2 aromatic carbocycles. The van der Waals surface area contributed by atoms with E-state index in [4.69, 9.17) is 16.3 Å². The van der Waals surface area contributed by atoms with Gasteiger partial charge >= 0.3 is 0 Å². The first-order valence-corrected chi connectivity index (χ1v) is 7.13. The molecule has 0 atom stereocenters. The zero-order valence-electron chi connectivity index (χ0n) is 11.6. The van der Waals surface area contributed by atoms with E-state index in [-0.39, 0.29) is 11.8 Å². The number of hydrogen-bond acceptors (Lipinski definition) is 3. The summed E-state index contributed by atoms with van der Waals surface area (Å²) in [6.07, 6.45) is 0.304. The Hall–Kier alpha value is -2.53. The maximum Gasteiger partial charge on any atom is 0.255 e. The van der Waals surface area contributed by atoms with Crippen molar-refractivity contribution in [2.75, 3.05) is 17.2 Å². The molecule has 0 bridgehead atoms. The number of nitrogens with one attached hydrogen (secondary N) is 2. The SMILES string of the molecule is O=C1CCOc2ccc(NC(=O)c3cccc(Cl)c3)cc2N1. The first kappa shape index (κ1) is 14.4. The van der Waals surface area contributed by atoms with Crippen molar-refractivity contribution in [2.24, 2.45) is 0 Å². The molecule has 0 spiro atoms. The number of hydrogen-bond donors (Lipinski definition) is 2. The van der Waals surface area contributed by atoms with E-state index >= 15 is 0 Å². The Morgan fingerprint density at radius 3 is 2.91 bits per heavy atom. The molecule has 0 aliphatic carbocycles. The summed E-state index contributed by atoms with van der Waals surface area (Å²) in [4.78, 5) is 23.7. The number of anilines is 2.